The van der Waals surface area contributed by atoms with Gasteiger partial charge < -0.3 is 9.47 Å². The van der Waals surface area contributed by atoms with Crippen LogP contribution >= 0.6 is 0 Å². The highest BCUT2D eigenvalue weighted by Gasteiger charge is 2.29. The first-order chi connectivity index (χ1) is 18.4. The van der Waals surface area contributed by atoms with Gasteiger partial charge in [-0.15, -0.1) is 0 Å². The van der Waals surface area contributed by atoms with Gasteiger partial charge in [0, 0.05) is 11.8 Å². The minimum absolute atomic E-state index is 0.0311. The number of carbonyl (C=O) groups is 1. The number of amides is 1. The van der Waals surface area contributed by atoms with Crippen LogP contribution in [0.2, 0.25) is 0 Å². The standard InChI is InChI=1S/C30H37N3O5S/c1-21-15-22(2)17-25(16-21)33(39(35,36)26-13-14-27(37-6)28(18-26)38-7)20-29(34)32-31-23(3)19-30(4,5)24-11-9-8-10-12-24/h8-18H,19-20H2,1-7H3,(H,32,34)/b31-23-. The summed E-state index contributed by atoms with van der Waals surface area (Å²) < 4.78 is 39.4. The average molecular weight is 552 g/mol. The fourth-order valence-corrected chi connectivity index (χ4v) is 5.93. The number of nitrogens with zero attached hydrogens (tertiary/aromatic N) is 2. The van der Waals surface area contributed by atoms with Crippen LogP contribution in [0, 0.1) is 13.8 Å². The second-order valence-electron chi connectivity index (χ2n) is 10.2. The lowest BCUT2D eigenvalue weighted by atomic mass is 9.80. The molecule has 9 heteroatoms. The van der Waals surface area contributed by atoms with E-state index in [0.29, 0.717) is 17.9 Å². The van der Waals surface area contributed by atoms with E-state index in [1.54, 1.807) is 12.1 Å². The van der Waals surface area contributed by atoms with Crippen molar-refractivity contribution in [2.24, 2.45) is 5.10 Å². The van der Waals surface area contributed by atoms with E-state index >= 15 is 0 Å². The first-order valence-electron chi connectivity index (χ1n) is 12.6. The molecule has 0 saturated heterocycles. The summed E-state index contributed by atoms with van der Waals surface area (Å²) in [4.78, 5) is 13.0. The number of anilines is 1. The molecule has 0 spiro atoms. The third-order valence-electron chi connectivity index (χ3n) is 6.35. The number of hydrogen-bond acceptors (Lipinski definition) is 6. The van der Waals surface area contributed by atoms with Crippen molar-refractivity contribution < 1.29 is 22.7 Å². The van der Waals surface area contributed by atoms with Crippen LogP contribution in [0.5, 0.6) is 11.5 Å². The normalized spacial score (nSPS) is 12.1. The molecule has 0 fully saturated rings. The molecule has 8 nitrogen and oxygen atoms in total. The molecule has 0 unspecified atom stereocenters. The Morgan fingerprint density at radius 1 is 0.923 bits per heavy atom. The van der Waals surface area contributed by atoms with Gasteiger partial charge in [0.25, 0.3) is 15.9 Å². The van der Waals surface area contributed by atoms with Crippen LogP contribution in [0.15, 0.2) is 76.7 Å². The van der Waals surface area contributed by atoms with E-state index in [9.17, 15) is 13.2 Å². The van der Waals surface area contributed by atoms with Crippen molar-refractivity contribution in [2.75, 3.05) is 25.1 Å². The zero-order valence-electron chi connectivity index (χ0n) is 23.6. The first kappa shape index (κ1) is 29.7. The first-order valence-corrected chi connectivity index (χ1v) is 14.0. The van der Waals surface area contributed by atoms with Gasteiger partial charge in [0.1, 0.15) is 6.54 Å². The number of sulfonamides is 1. The van der Waals surface area contributed by atoms with Crippen molar-refractivity contribution in [3.63, 3.8) is 0 Å². The Labute approximate surface area is 231 Å². The molecule has 3 rings (SSSR count). The monoisotopic (exact) mass is 551 g/mol. The Balaban J connectivity index is 1.89. The Kier molecular flexibility index (Phi) is 9.40. The molecule has 0 atom stereocenters. The van der Waals surface area contributed by atoms with Gasteiger partial charge in [-0.25, -0.2) is 13.8 Å². The molecule has 39 heavy (non-hydrogen) atoms. The molecule has 0 aliphatic carbocycles. The minimum atomic E-state index is -4.16. The van der Waals surface area contributed by atoms with Crippen LogP contribution < -0.4 is 19.2 Å². The van der Waals surface area contributed by atoms with Gasteiger partial charge in [-0.2, -0.15) is 5.10 Å². The zero-order valence-corrected chi connectivity index (χ0v) is 24.4. The molecule has 1 N–H and O–H groups in total. The van der Waals surface area contributed by atoms with E-state index in [4.69, 9.17) is 9.47 Å². The van der Waals surface area contributed by atoms with Crippen LogP contribution in [-0.4, -0.2) is 40.8 Å². The summed E-state index contributed by atoms with van der Waals surface area (Å²) >= 11 is 0. The van der Waals surface area contributed by atoms with Crippen LogP contribution in [0.3, 0.4) is 0 Å². The third kappa shape index (κ3) is 7.38. The van der Waals surface area contributed by atoms with E-state index in [1.807, 2.05) is 45.0 Å². The molecule has 3 aromatic rings. The molecule has 0 aromatic heterocycles. The fourth-order valence-electron chi connectivity index (χ4n) is 4.51. The summed E-state index contributed by atoms with van der Waals surface area (Å²) in [5, 5.41) is 4.28. The van der Waals surface area contributed by atoms with E-state index in [2.05, 4.69) is 36.5 Å². The molecule has 0 aliphatic rings. The van der Waals surface area contributed by atoms with Gasteiger partial charge in [0.2, 0.25) is 0 Å². The number of aryl methyl sites for hydroxylation is 2. The fraction of sp³-hybridized carbons (Fsp3) is 0.333. The number of nitrogens with one attached hydrogen (secondary N) is 1. The van der Waals surface area contributed by atoms with Crippen molar-refractivity contribution in [1.82, 2.24) is 5.43 Å². The minimum Gasteiger partial charge on any atom is -0.493 e. The zero-order chi connectivity index (χ0) is 28.8. The van der Waals surface area contributed by atoms with Gasteiger partial charge in [-0.1, -0.05) is 50.2 Å². The number of benzene rings is 3. The molecule has 0 radical (unpaired) electrons. The Morgan fingerprint density at radius 3 is 2.13 bits per heavy atom. The maximum atomic E-state index is 13.9. The van der Waals surface area contributed by atoms with Crippen LogP contribution in [0.4, 0.5) is 5.69 Å². The molecule has 208 valence electrons. The second kappa shape index (κ2) is 12.3. The summed E-state index contributed by atoms with van der Waals surface area (Å²) in [5.41, 5.74) is 6.35. The van der Waals surface area contributed by atoms with E-state index in [0.717, 1.165) is 26.7 Å². The Morgan fingerprint density at radius 2 is 1.54 bits per heavy atom. The molecular formula is C30H37N3O5S. The predicted octanol–water partition coefficient (Wildman–Crippen LogP) is 5.38. The number of carbonyl (C=O) groups excluding carboxylic acids is 1. The maximum Gasteiger partial charge on any atom is 0.264 e. The second-order valence-corrected chi connectivity index (χ2v) is 12.0. The lowest BCUT2D eigenvalue weighted by Crippen LogP contribution is -2.40. The van der Waals surface area contributed by atoms with Gasteiger partial charge in [-0.3, -0.25) is 9.10 Å². The summed E-state index contributed by atoms with van der Waals surface area (Å²) in [5.74, 6) is 0.107. The molecule has 0 aliphatic heterocycles. The summed E-state index contributed by atoms with van der Waals surface area (Å²) in [6.45, 7) is 9.35. The Hall–Kier alpha value is -3.85. The van der Waals surface area contributed by atoms with E-state index in [1.165, 1.54) is 32.4 Å². The number of hydrogen-bond donors (Lipinski definition) is 1. The lowest BCUT2D eigenvalue weighted by molar-refractivity contribution is -0.119. The molecule has 3 aromatic carbocycles. The predicted molar refractivity (Wildman–Crippen MR) is 155 cm³/mol. The van der Waals surface area contributed by atoms with Crippen molar-refractivity contribution in [2.45, 2.75) is 51.3 Å². The molecule has 0 heterocycles. The number of methoxy groups -OCH3 is 2. The van der Waals surface area contributed by atoms with Crippen molar-refractivity contribution in [3.8, 4) is 11.5 Å². The van der Waals surface area contributed by atoms with Crippen LogP contribution in [0.25, 0.3) is 0 Å². The topological polar surface area (TPSA) is 97.3 Å². The van der Waals surface area contributed by atoms with E-state index < -0.39 is 22.5 Å². The summed E-state index contributed by atoms with van der Waals surface area (Å²) in [7, 11) is -1.25. The highest BCUT2D eigenvalue weighted by molar-refractivity contribution is 7.92. The highest BCUT2D eigenvalue weighted by atomic mass is 32.2. The van der Waals surface area contributed by atoms with Crippen molar-refractivity contribution >= 4 is 27.3 Å². The van der Waals surface area contributed by atoms with Gasteiger partial charge in [0.05, 0.1) is 24.8 Å². The van der Waals surface area contributed by atoms with E-state index in [-0.39, 0.29) is 16.1 Å². The average Bonchev–Trinajstić information content (AvgIpc) is 2.89. The Bertz CT molecular complexity index is 1430. The molecule has 0 bridgehead atoms. The molecule has 1 amide bonds. The van der Waals surface area contributed by atoms with Gasteiger partial charge in [0.15, 0.2) is 11.5 Å². The number of hydrazone groups is 1. The molecule has 0 saturated carbocycles. The van der Waals surface area contributed by atoms with Crippen LogP contribution in [0.1, 0.15) is 43.9 Å². The summed E-state index contributed by atoms with van der Waals surface area (Å²) in [6.07, 6.45) is 0.613. The van der Waals surface area contributed by atoms with Gasteiger partial charge >= 0.3 is 0 Å². The SMILES string of the molecule is COc1ccc(S(=O)(=O)N(CC(=O)N/N=C(/C)CC(C)(C)c2ccccc2)c2cc(C)cc(C)c2)cc1OC. The smallest absolute Gasteiger partial charge is 0.264 e. The van der Waals surface area contributed by atoms with Gasteiger partial charge in [-0.05, 0) is 73.6 Å². The molecular weight excluding hydrogens is 514 g/mol. The number of rotatable bonds is 11. The quantitative estimate of drug-likeness (QED) is 0.255. The number of ether oxygens (including phenoxy) is 2. The highest BCUT2D eigenvalue weighted by Crippen LogP contribution is 2.33. The largest absolute Gasteiger partial charge is 0.493 e. The van der Waals surface area contributed by atoms with Crippen LogP contribution in [-0.2, 0) is 20.2 Å². The van der Waals surface area contributed by atoms with Crippen molar-refractivity contribution in [1.29, 1.82) is 0 Å². The van der Waals surface area contributed by atoms with Crippen molar-refractivity contribution in [3.05, 3.63) is 83.4 Å². The maximum absolute atomic E-state index is 13.9. The third-order valence-corrected chi connectivity index (χ3v) is 8.12. The summed E-state index contributed by atoms with van der Waals surface area (Å²) in [6, 6.07) is 19.8. The lowest BCUT2D eigenvalue weighted by Gasteiger charge is -2.26.